The summed E-state index contributed by atoms with van der Waals surface area (Å²) in [6.45, 7) is 7.54. The third kappa shape index (κ3) is 3.95. The topological polar surface area (TPSA) is 74.2 Å². The van der Waals surface area contributed by atoms with E-state index in [0.29, 0.717) is 36.9 Å². The maximum absolute atomic E-state index is 11.7. The summed E-state index contributed by atoms with van der Waals surface area (Å²) < 4.78 is 22.1. The molecule has 2 aromatic carbocycles. The molecular formula is C23H28O6. The zero-order valence-corrected chi connectivity index (χ0v) is 17.4. The van der Waals surface area contributed by atoms with Crippen LogP contribution in [-0.4, -0.2) is 44.6 Å². The standard InChI is InChI=1S/C21H22O6.C2H6/c1-13-3-5-16(14-4-6-17-15(7-14)8-26-20(17)23)19(18(13)24-2)27-12-21(9-22)10-25-11-21;1-2/h3-7,22H,8-12H2,1-2H3;1-2H3. The molecule has 1 saturated heterocycles. The molecule has 0 bridgehead atoms. The van der Waals surface area contributed by atoms with Gasteiger partial charge in [0.25, 0.3) is 0 Å². The molecule has 6 nitrogen and oxygen atoms in total. The molecule has 2 heterocycles. The van der Waals surface area contributed by atoms with Gasteiger partial charge in [0, 0.05) is 11.1 Å². The van der Waals surface area contributed by atoms with Gasteiger partial charge in [-0.1, -0.05) is 32.0 Å². The first kappa shape index (κ1) is 21.1. The number of fused-ring (bicyclic) bond motifs is 1. The van der Waals surface area contributed by atoms with Gasteiger partial charge < -0.3 is 24.1 Å². The van der Waals surface area contributed by atoms with Gasteiger partial charge in [-0.3, -0.25) is 0 Å². The largest absolute Gasteiger partial charge is 0.493 e. The van der Waals surface area contributed by atoms with Gasteiger partial charge in [-0.2, -0.15) is 0 Å². The predicted molar refractivity (Wildman–Crippen MR) is 109 cm³/mol. The highest BCUT2D eigenvalue weighted by Gasteiger charge is 2.39. The molecule has 0 amide bonds. The first-order valence-corrected chi connectivity index (χ1v) is 9.86. The minimum atomic E-state index is -0.371. The Labute approximate surface area is 171 Å². The van der Waals surface area contributed by atoms with Crippen molar-refractivity contribution in [2.24, 2.45) is 5.41 Å². The molecule has 1 N–H and O–H groups in total. The van der Waals surface area contributed by atoms with Crippen LogP contribution in [0.2, 0.25) is 0 Å². The quantitative estimate of drug-likeness (QED) is 0.745. The zero-order valence-electron chi connectivity index (χ0n) is 17.4. The molecule has 0 aliphatic carbocycles. The number of rotatable bonds is 6. The van der Waals surface area contributed by atoms with Crippen LogP contribution in [0.25, 0.3) is 11.1 Å². The van der Waals surface area contributed by atoms with Crippen molar-refractivity contribution in [2.45, 2.75) is 27.4 Å². The van der Waals surface area contributed by atoms with Crippen molar-refractivity contribution in [2.75, 3.05) is 33.5 Å². The summed E-state index contributed by atoms with van der Waals surface area (Å²) in [6, 6.07) is 9.58. The normalized spacial score (nSPS) is 16.1. The van der Waals surface area contributed by atoms with Crippen LogP contribution in [0.1, 0.15) is 35.3 Å². The lowest BCUT2D eigenvalue weighted by Gasteiger charge is -2.39. The van der Waals surface area contributed by atoms with Gasteiger partial charge in [-0.15, -0.1) is 0 Å². The van der Waals surface area contributed by atoms with E-state index in [0.717, 1.165) is 22.3 Å². The zero-order chi connectivity index (χ0) is 21.0. The van der Waals surface area contributed by atoms with E-state index >= 15 is 0 Å². The molecule has 4 rings (SSSR count). The third-order valence-corrected chi connectivity index (χ3v) is 5.18. The number of esters is 1. The Morgan fingerprint density at radius 2 is 1.83 bits per heavy atom. The minimum Gasteiger partial charge on any atom is -0.493 e. The third-order valence-electron chi connectivity index (χ3n) is 5.18. The number of hydrogen-bond donors (Lipinski definition) is 1. The first-order valence-electron chi connectivity index (χ1n) is 9.86. The van der Waals surface area contributed by atoms with Crippen LogP contribution >= 0.6 is 0 Å². The number of cyclic esters (lactones) is 1. The highest BCUT2D eigenvalue weighted by molar-refractivity contribution is 5.94. The van der Waals surface area contributed by atoms with E-state index in [1.165, 1.54) is 0 Å². The number of carbonyl (C=O) groups is 1. The number of aliphatic hydroxyl groups excluding tert-OH is 1. The van der Waals surface area contributed by atoms with E-state index in [1.807, 2.05) is 45.0 Å². The summed E-state index contributed by atoms with van der Waals surface area (Å²) in [5, 5.41) is 9.68. The molecule has 2 aromatic rings. The predicted octanol–water partition coefficient (Wildman–Crippen LogP) is 3.75. The van der Waals surface area contributed by atoms with Gasteiger partial charge in [0.05, 0.1) is 37.9 Å². The van der Waals surface area contributed by atoms with E-state index < -0.39 is 0 Å². The number of carbonyl (C=O) groups excluding carboxylic acids is 1. The summed E-state index contributed by atoms with van der Waals surface area (Å²) >= 11 is 0. The Bertz CT molecular complexity index is 880. The molecule has 2 aliphatic rings. The molecule has 0 spiro atoms. The van der Waals surface area contributed by atoms with E-state index in [-0.39, 0.29) is 24.6 Å². The molecule has 156 valence electrons. The van der Waals surface area contributed by atoms with Crippen LogP contribution in [0, 0.1) is 12.3 Å². The number of aliphatic hydroxyl groups is 1. The van der Waals surface area contributed by atoms with Crippen molar-refractivity contribution < 1.29 is 28.8 Å². The van der Waals surface area contributed by atoms with Crippen LogP contribution in [0.4, 0.5) is 0 Å². The summed E-state index contributed by atoms with van der Waals surface area (Å²) in [5.41, 5.74) is 3.84. The molecule has 1 fully saturated rings. The smallest absolute Gasteiger partial charge is 0.338 e. The second-order valence-corrected chi connectivity index (χ2v) is 7.18. The van der Waals surface area contributed by atoms with E-state index in [1.54, 1.807) is 13.2 Å². The fourth-order valence-electron chi connectivity index (χ4n) is 3.42. The maximum atomic E-state index is 11.7. The number of aryl methyl sites for hydroxylation is 1. The summed E-state index contributed by atoms with van der Waals surface area (Å²) in [5.74, 6) is 1.00. The van der Waals surface area contributed by atoms with Crippen molar-refractivity contribution in [3.05, 3.63) is 47.0 Å². The summed E-state index contributed by atoms with van der Waals surface area (Å²) in [4.78, 5) is 11.7. The van der Waals surface area contributed by atoms with Crippen molar-refractivity contribution >= 4 is 5.97 Å². The van der Waals surface area contributed by atoms with E-state index in [2.05, 4.69) is 0 Å². The molecule has 2 aliphatic heterocycles. The average Bonchev–Trinajstić information content (AvgIpc) is 3.09. The molecule has 29 heavy (non-hydrogen) atoms. The van der Waals surface area contributed by atoms with Crippen LogP contribution in [0.15, 0.2) is 30.3 Å². The lowest BCUT2D eigenvalue weighted by molar-refractivity contribution is -0.153. The van der Waals surface area contributed by atoms with Gasteiger partial charge in [-0.05, 0) is 30.2 Å². The Hall–Kier alpha value is -2.57. The average molecular weight is 400 g/mol. The van der Waals surface area contributed by atoms with Crippen LogP contribution < -0.4 is 9.47 Å². The van der Waals surface area contributed by atoms with Gasteiger partial charge in [0.1, 0.15) is 13.2 Å². The van der Waals surface area contributed by atoms with E-state index in [4.69, 9.17) is 18.9 Å². The first-order chi connectivity index (χ1) is 14.1. The Kier molecular flexibility index (Phi) is 6.45. The highest BCUT2D eigenvalue weighted by atomic mass is 16.5. The molecular weight excluding hydrogens is 372 g/mol. The monoisotopic (exact) mass is 400 g/mol. The van der Waals surface area contributed by atoms with Crippen LogP contribution in [-0.2, 0) is 16.1 Å². The molecule has 0 unspecified atom stereocenters. The molecule has 0 saturated carbocycles. The van der Waals surface area contributed by atoms with E-state index in [9.17, 15) is 9.90 Å². The van der Waals surface area contributed by atoms with Gasteiger partial charge >= 0.3 is 5.97 Å². The SMILES string of the molecule is CC.COc1c(C)ccc(-c2ccc3c(c2)COC3=O)c1OCC1(CO)COC1. The molecule has 0 atom stereocenters. The Morgan fingerprint density at radius 3 is 2.45 bits per heavy atom. The second-order valence-electron chi connectivity index (χ2n) is 7.18. The summed E-state index contributed by atoms with van der Waals surface area (Å²) in [6.07, 6.45) is 0. The van der Waals surface area contributed by atoms with Gasteiger partial charge in [-0.25, -0.2) is 4.79 Å². The van der Waals surface area contributed by atoms with Gasteiger partial charge in [0.2, 0.25) is 0 Å². The fraction of sp³-hybridized carbons (Fsp3) is 0.435. The minimum absolute atomic E-state index is 0.00869. The number of methoxy groups -OCH3 is 1. The van der Waals surface area contributed by atoms with Gasteiger partial charge in [0.15, 0.2) is 11.5 Å². The lowest BCUT2D eigenvalue weighted by Crippen LogP contribution is -2.50. The Morgan fingerprint density at radius 1 is 1.10 bits per heavy atom. The Balaban J connectivity index is 0.00000117. The van der Waals surface area contributed by atoms with Crippen LogP contribution in [0.3, 0.4) is 0 Å². The highest BCUT2D eigenvalue weighted by Crippen LogP contribution is 2.42. The van der Waals surface area contributed by atoms with Crippen molar-refractivity contribution in [1.29, 1.82) is 0 Å². The van der Waals surface area contributed by atoms with Crippen molar-refractivity contribution in [3.8, 4) is 22.6 Å². The number of ether oxygens (including phenoxy) is 4. The van der Waals surface area contributed by atoms with Crippen molar-refractivity contribution in [3.63, 3.8) is 0 Å². The number of benzene rings is 2. The number of hydrogen-bond acceptors (Lipinski definition) is 6. The van der Waals surface area contributed by atoms with Crippen LogP contribution in [0.5, 0.6) is 11.5 Å². The second kappa shape index (κ2) is 8.84. The van der Waals surface area contributed by atoms with Crippen molar-refractivity contribution in [1.82, 2.24) is 0 Å². The molecule has 6 heteroatoms. The lowest BCUT2D eigenvalue weighted by atomic mass is 9.88. The summed E-state index contributed by atoms with van der Waals surface area (Å²) in [7, 11) is 1.61. The molecule has 0 aromatic heterocycles. The maximum Gasteiger partial charge on any atom is 0.338 e. The molecule has 0 radical (unpaired) electrons. The fourth-order valence-corrected chi connectivity index (χ4v) is 3.42.